The van der Waals surface area contributed by atoms with Gasteiger partial charge in [0.2, 0.25) is 12.7 Å². The van der Waals surface area contributed by atoms with Gasteiger partial charge in [0.15, 0.2) is 17.2 Å². The molecule has 2 aromatic carbocycles. The number of primary amides is 1. The first-order valence-corrected chi connectivity index (χ1v) is 10.7. The fourth-order valence-electron chi connectivity index (χ4n) is 3.26. The van der Waals surface area contributed by atoms with E-state index in [1.807, 2.05) is 36.4 Å². The molecule has 0 fully saturated rings. The minimum atomic E-state index is -0.820. The molecule has 4 rings (SSSR count). The van der Waals surface area contributed by atoms with Gasteiger partial charge < -0.3 is 31.2 Å². The van der Waals surface area contributed by atoms with Crippen molar-refractivity contribution in [3.05, 3.63) is 70.2 Å². The predicted octanol–water partition coefficient (Wildman–Crippen LogP) is 1.51. The molecular weight excluding hydrogens is 446 g/mol. The summed E-state index contributed by atoms with van der Waals surface area (Å²) < 4.78 is 14.5. The summed E-state index contributed by atoms with van der Waals surface area (Å²) in [6, 6.07) is 14.6. The molecule has 0 radical (unpaired) electrons. The number of hydrogen-bond donors (Lipinski definition) is 3. The Hall–Kier alpha value is -4.12. The molecule has 0 aliphatic carbocycles. The van der Waals surface area contributed by atoms with Crippen LogP contribution in [0, 0.1) is 0 Å². The predicted molar refractivity (Wildman–Crippen MR) is 121 cm³/mol. The number of hydrogen-bond acceptors (Lipinski definition) is 8. The molecule has 170 valence electrons. The molecule has 1 aliphatic heterocycles. The minimum absolute atomic E-state index is 0.0586. The number of fused-ring (bicyclic) bond motifs is 1. The Morgan fingerprint density at radius 1 is 1.06 bits per heavy atom. The number of ether oxygens (including phenoxy) is 2. The summed E-state index contributed by atoms with van der Waals surface area (Å²) in [7, 11) is 0. The average Bonchev–Trinajstić information content (AvgIpc) is 3.43. The molecule has 0 saturated carbocycles. The number of carbonyl (C=O) groups is 3. The van der Waals surface area contributed by atoms with Crippen LogP contribution < -0.4 is 26.3 Å². The molecule has 5 N–H and O–H groups in total. The number of nitrogens with one attached hydrogen (secondary N) is 1. The summed E-state index contributed by atoms with van der Waals surface area (Å²) in [5.41, 5.74) is 12.6. The zero-order valence-electron chi connectivity index (χ0n) is 17.4. The molecule has 1 aromatic heterocycles. The molecule has 33 heavy (non-hydrogen) atoms. The van der Waals surface area contributed by atoms with Gasteiger partial charge in [-0.2, -0.15) is 4.37 Å². The van der Waals surface area contributed by atoms with Crippen molar-refractivity contribution in [2.75, 3.05) is 19.1 Å². The lowest BCUT2D eigenvalue weighted by Gasteiger charge is -2.22. The van der Waals surface area contributed by atoms with Gasteiger partial charge in [-0.05, 0) is 34.8 Å². The third-order valence-corrected chi connectivity index (χ3v) is 5.77. The molecule has 11 heteroatoms. The smallest absolute Gasteiger partial charge is 0.270 e. The maximum absolute atomic E-state index is 13.2. The summed E-state index contributed by atoms with van der Waals surface area (Å²) >= 11 is 0.776. The van der Waals surface area contributed by atoms with E-state index < -0.39 is 11.8 Å². The van der Waals surface area contributed by atoms with Crippen molar-refractivity contribution in [3.8, 4) is 11.5 Å². The van der Waals surface area contributed by atoms with Crippen molar-refractivity contribution in [1.29, 1.82) is 0 Å². The molecule has 0 spiro atoms. The molecule has 0 saturated heterocycles. The van der Waals surface area contributed by atoms with Gasteiger partial charge in [-0.3, -0.25) is 14.4 Å². The Morgan fingerprint density at radius 3 is 2.55 bits per heavy atom. The van der Waals surface area contributed by atoms with E-state index in [9.17, 15) is 14.4 Å². The molecule has 0 bridgehead atoms. The van der Waals surface area contributed by atoms with Gasteiger partial charge in [-0.15, -0.1) is 0 Å². The number of amides is 3. The number of anilines is 1. The topological polar surface area (TPSA) is 150 Å². The highest BCUT2D eigenvalue weighted by Gasteiger charge is 2.26. The lowest BCUT2D eigenvalue weighted by atomic mass is 10.2. The normalized spacial score (nSPS) is 11.8. The quantitative estimate of drug-likeness (QED) is 0.454. The van der Waals surface area contributed by atoms with Crippen molar-refractivity contribution in [1.82, 2.24) is 14.6 Å². The Balaban J connectivity index is 1.47. The monoisotopic (exact) mass is 467 g/mol. The van der Waals surface area contributed by atoms with E-state index in [-0.39, 0.29) is 48.6 Å². The Morgan fingerprint density at radius 2 is 1.82 bits per heavy atom. The van der Waals surface area contributed by atoms with E-state index >= 15 is 0 Å². The van der Waals surface area contributed by atoms with Crippen LogP contribution in [0.3, 0.4) is 0 Å². The van der Waals surface area contributed by atoms with E-state index in [1.165, 1.54) is 4.90 Å². The molecule has 1 aliphatic rings. The second kappa shape index (κ2) is 9.57. The maximum atomic E-state index is 13.2. The van der Waals surface area contributed by atoms with Crippen molar-refractivity contribution < 1.29 is 23.9 Å². The van der Waals surface area contributed by atoms with Crippen LogP contribution in [0.5, 0.6) is 11.5 Å². The van der Waals surface area contributed by atoms with Crippen LogP contribution >= 0.6 is 11.5 Å². The first kappa shape index (κ1) is 22.1. The molecule has 0 unspecified atom stereocenters. The summed E-state index contributed by atoms with van der Waals surface area (Å²) in [4.78, 5) is 38.8. The van der Waals surface area contributed by atoms with E-state index in [0.29, 0.717) is 11.5 Å². The lowest BCUT2D eigenvalue weighted by molar-refractivity contribution is -0.122. The highest BCUT2D eigenvalue weighted by atomic mass is 32.1. The first-order chi connectivity index (χ1) is 15.9. The Bertz CT molecular complexity index is 1200. The highest BCUT2D eigenvalue weighted by Crippen LogP contribution is 2.32. The number of nitrogen functional groups attached to an aromatic ring is 1. The second-order valence-electron chi connectivity index (χ2n) is 7.25. The molecule has 2 heterocycles. The molecular formula is C22H21N5O5S. The number of benzene rings is 2. The van der Waals surface area contributed by atoms with Gasteiger partial charge in [0, 0.05) is 13.1 Å². The zero-order chi connectivity index (χ0) is 23.4. The fraction of sp³-hybridized carbons (Fsp3) is 0.182. The number of rotatable bonds is 8. The second-order valence-corrected chi connectivity index (χ2v) is 8.02. The SMILES string of the molecule is NC(=O)c1nsc(C(=O)N(CC(=O)NCc2ccc3c(c2)OCO3)Cc2ccccc2)c1N. The first-order valence-electron chi connectivity index (χ1n) is 9.95. The summed E-state index contributed by atoms with van der Waals surface area (Å²) in [6.07, 6.45) is 0. The minimum Gasteiger partial charge on any atom is -0.454 e. The Kier molecular flexibility index (Phi) is 6.41. The number of nitrogens with two attached hydrogens (primary N) is 2. The largest absolute Gasteiger partial charge is 0.454 e. The lowest BCUT2D eigenvalue weighted by Crippen LogP contribution is -2.40. The van der Waals surface area contributed by atoms with Crippen molar-refractivity contribution >= 4 is 34.9 Å². The number of aromatic nitrogens is 1. The standard InChI is InChI=1S/C22H21N5O5S/c23-18-19(21(24)29)26-33-20(18)22(30)27(10-13-4-2-1-3-5-13)11-17(28)25-9-14-6-7-15-16(8-14)32-12-31-15/h1-8H,9-12,23H2,(H2,24,29)(H,25,28). The van der Waals surface area contributed by atoms with E-state index in [2.05, 4.69) is 9.69 Å². The van der Waals surface area contributed by atoms with Crippen LogP contribution in [0.4, 0.5) is 5.69 Å². The molecule has 10 nitrogen and oxygen atoms in total. The van der Waals surface area contributed by atoms with Gasteiger partial charge in [0.25, 0.3) is 11.8 Å². The van der Waals surface area contributed by atoms with Crippen LogP contribution in [-0.4, -0.2) is 40.3 Å². The van der Waals surface area contributed by atoms with Gasteiger partial charge >= 0.3 is 0 Å². The van der Waals surface area contributed by atoms with Crippen LogP contribution in [0.1, 0.15) is 31.3 Å². The summed E-state index contributed by atoms with van der Waals surface area (Å²) in [6.45, 7) is 0.360. The third-order valence-electron chi connectivity index (χ3n) is 4.92. The van der Waals surface area contributed by atoms with E-state index in [4.69, 9.17) is 20.9 Å². The number of carbonyl (C=O) groups excluding carboxylic acids is 3. The average molecular weight is 468 g/mol. The zero-order valence-corrected chi connectivity index (χ0v) is 18.3. The molecule has 0 atom stereocenters. The summed E-state index contributed by atoms with van der Waals surface area (Å²) in [5, 5.41) is 2.80. The van der Waals surface area contributed by atoms with Crippen LogP contribution in [0.15, 0.2) is 48.5 Å². The fourth-order valence-corrected chi connectivity index (χ4v) is 4.03. The van der Waals surface area contributed by atoms with E-state index in [0.717, 1.165) is 22.7 Å². The number of nitrogens with zero attached hydrogens (tertiary/aromatic N) is 2. The third kappa shape index (κ3) is 5.04. The Labute approximate surface area is 193 Å². The summed E-state index contributed by atoms with van der Waals surface area (Å²) in [5.74, 6) is -0.427. The van der Waals surface area contributed by atoms with Crippen molar-refractivity contribution in [2.45, 2.75) is 13.1 Å². The molecule has 3 amide bonds. The maximum Gasteiger partial charge on any atom is 0.270 e. The van der Waals surface area contributed by atoms with Crippen LogP contribution in [-0.2, 0) is 17.9 Å². The van der Waals surface area contributed by atoms with Gasteiger partial charge in [-0.1, -0.05) is 36.4 Å². The van der Waals surface area contributed by atoms with Crippen molar-refractivity contribution in [3.63, 3.8) is 0 Å². The van der Waals surface area contributed by atoms with Crippen LogP contribution in [0.2, 0.25) is 0 Å². The highest BCUT2D eigenvalue weighted by molar-refractivity contribution is 7.09. The molecule has 3 aromatic rings. The van der Waals surface area contributed by atoms with Gasteiger partial charge in [0.1, 0.15) is 11.4 Å². The van der Waals surface area contributed by atoms with Crippen molar-refractivity contribution in [2.24, 2.45) is 5.73 Å². The van der Waals surface area contributed by atoms with Crippen LogP contribution in [0.25, 0.3) is 0 Å². The van der Waals surface area contributed by atoms with Gasteiger partial charge in [0.05, 0.1) is 5.69 Å². The van der Waals surface area contributed by atoms with E-state index in [1.54, 1.807) is 12.1 Å². The van der Waals surface area contributed by atoms with Gasteiger partial charge in [-0.25, -0.2) is 0 Å².